The average Bonchev–Trinajstić information content (AvgIpc) is 2.36. The Morgan fingerprint density at radius 2 is 2.24 bits per heavy atom. The molecule has 0 aromatic rings. The van der Waals surface area contributed by atoms with Crippen molar-refractivity contribution >= 4 is 5.91 Å². The van der Waals surface area contributed by atoms with E-state index in [1.807, 2.05) is 11.9 Å². The van der Waals surface area contributed by atoms with Gasteiger partial charge in [0, 0.05) is 26.9 Å². The lowest BCUT2D eigenvalue weighted by atomic mass is 9.99. The van der Waals surface area contributed by atoms with Crippen LogP contribution in [0.3, 0.4) is 0 Å². The Labute approximate surface area is 102 Å². The van der Waals surface area contributed by atoms with Crippen molar-refractivity contribution in [1.82, 2.24) is 10.3 Å². The number of hydrazine groups is 1. The maximum Gasteiger partial charge on any atom is 0.253 e. The highest BCUT2D eigenvalue weighted by Crippen LogP contribution is 2.16. The molecule has 17 heavy (non-hydrogen) atoms. The highest BCUT2D eigenvalue weighted by atomic mass is 16.5. The zero-order chi connectivity index (χ0) is 12.7. The number of hydrogen-bond acceptors (Lipinski definition) is 5. The van der Waals surface area contributed by atoms with E-state index < -0.39 is 0 Å². The Hall–Kier alpha value is -0.690. The van der Waals surface area contributed by atoms with Crippen LogP contribution in [0.4, 0.5) is 0 Å². The van der Waals surface area contributed by atoms with Crippen molar-refractivity contribution in [2.45, 2.75) is 18.9 Å². The predicted molar refractivity (Wildman–Crippen MR) is 64.2 cm³/mol. The van der Waals surface area contributed by atoms with Crippen LogP contribution in [-0.2, 0) is 14.3 Å². The maximum atomic E-state index is 11.6. The number of hydrogen-bond donors (Lipinski definition) is 2. The van der Waals surface area contributed by atoms with E-state index in [4.69, 9.17) is 15.3 Å². The molecule has 100 valence electrons. The smallest absolute Gasteiger partial charge is 0.253 e. The van der Waals surface area contributed by atoms with Crippen LogP contribution in [-0.4, -0.2) is 57.4 Å². The molecule has 0 spiro atoms. The van der Waals surface area contributed by atoms with Crippen molar-refractivity contribution in [2.24, 2.45) is 11.8 Å². The number of carbonyl (C=O) groups excluding carboxylic acids is 1. The molecule has 0 aromatic carbocycles. The van der Waals surface area contributed by atoms with E-state index in [1.165, 1.54) is 0 Å². The van der Waals surface area contributed by atoms with Crippen LogP contribution in [0.5, 0.6) is 0 Å². The van der Waals surface area contributed by atoms with E-state index in [-0.39, 0.29) is 11.9 Å². The molecule has 1 heterocycles. The summed E-state index contributed by atoms with van der Waals surface area (Å²) in [6, 6.07) is -0.326. The molecule has 6 heteroatoms. The van der Waals surface area contributed by atoms with E-state index in [0.717, 1.165) is 32.6 Å². The molecule has 0 aromatic heterocycles. The number of methoxy groups -OCH3 is 1. The third-order valence-electron chi connectivity index (χ3n) is 3.19. The number of ether oxygens (including phenoxy) is 2. The molecule has 1 aliphatic heterocycles. The summed E-state index contributed by atoms with van der Waals surface area (Å²) in [7, 11) is 3.51. The fourth-order valence-corrected chi connectivity index (χ4v) is 2.12. The molecular weight excluding hydrogens is 222 g/mol. The molecule has 0 aliphatic carbocycles. The molecular formula is C11H23N3O3. The lowest BCUT2D eigenvalue weighted by molar-refractivity contribution is -0.128. The van der Waals surface area contributed by atoms with E-state index in [9.17, 15) is 4.79 Å². The summed E-state index contributed by atoms with van der Waals surface area (Å²) in [4.78, 5) is 13.6. The number of nitrogens with zero attached hydrogens (tertiary/aromatic N) is 1. The van der Waals surface area contributed by atoms with E-state index in [0.29, 0.717) is 12.5 Å². The van der Waals surface area contributed by atoms with Crippen molar-refractivity contribution in [3.8, 4) is 0 Å². The minimum Gasteiger partial charge on any atom is -0.383 e. The largest absolute Gasteiger partial charge is 0.383 e. The summed E-state index contributed by atoms with van der Waals surface area (Å²) in [6.07, 6.45) is 2.10. The molecule has 6 nitrogen and oxygen atoms in total. The van der Waals surface area contributed by atoms with Crippen LogP contribution < -0.4 is 11.3 Å². The van der Waals surface area contributed by atoms with Gasteiger partial charge in [0.05, 0.1) is 6.61 Å². The SMILES string of the molecule is COCC(C(=O)NN)N(C)CC1CCOCC1. The van der Waals surface area contributed by atoms with Crippen LogP contribution in [0, 0.1) is 5.92 Å². The highest BCUT2D eigenvalue weighted by Gasteiger charge is 2.25. The van der Waals surface area contributed by atoms with Gasteiger partial charge in [0.2, 0.25) is 0 Å². The van der Waals surface area contributed by atoms with E-state index in [1.54, 1.807) is 7.11 Å². The van der Waals surface area contributed by atoms with Crippen LogP contribution >= 0.6 is 0 Å². The Morgan fingerprint density at radius 3 is 2.76 bits per heavy atom. The molecule has 0 radical (unpaired) electrons. The molecule has 1 saturated heterocycles. The van der Waals surface area contributed by atoms with E-state index in [2.05, 4.69) is 5.43 Å². The normalized spacial score (nSPS) is 19.3. The molecule has 0 bridgehead atoms. The fraction of sp³-hybridized carbons (Fsp3) is 0.909. The van der Waals surface area contributed by atoms with Crippen LogP contribution in [0.25, 0.3) is 0 Å². The Kier molecular flexibility index (Phi) is 6.43. The van der Waals surface area contributed by atoms with Crippen LogP contribution in [0.15, 0.2) is 0 Å². The van der Waals surface area contributed by atoms with Gasteiger partial charge < -0.3 is 9.47 Å². The summed E-state index contributed by atoms with van der Waals surface area (Å²) in [5.74, 6) is 5.55. The Balaban J connectivity index is 2.45. The number of nitrogens with one attached hydrogen (secondary N) is 1. The van der Waals surface area contributed by atoms with Crippen LogP contribution in [0.1, 0.15) is 12.8 Å². The van der Waals surface area contributed by atoms with Gasteiger partial charge in [-0.1, -0.05) is 0 Å². The van der Waals surface area contributed by atoms with Crippen molar-refractivity contribution in [1.29, 1.82) is 0 Å². The minimum absolute atomic E-state index is 0.207. The number of nitrogens with two attached hydrogens (primary N) is 1. The van der Waals surface area contributed by atoms with Gasteiger partial charge in [-0.05, 0) is 25.8 Å². The minimum atomic E-state index is -0.326. The standard InChI is InChI=1S/C11H23N3O3/c1-14(7-9-3-5-17-6-4-9)10(8-16-2)11(15)13-12/h9-10H,3-8,12H2,1-2H3,(H,13,15). The summed E-state index contributed by atoms with van der Waals surface area (Å²) in [5, 5.41) is 0. The Morgan fingerprint density at radius 1 is 1.59 bits per heavy atom. The fourth-order valence-electron chi connectivity index (χ4n) is 2.12. The zero-order valence-electron chi connectivity index (χ0n) is 10.6. The summed E-state index contributed by atoms with van der Waals surface area (Å²) >= 11 is 0. The molecule has 3 N–H and O–H groups in total. The van der Waals surface area contributed by atoms with E-state index >= 15 is 0 Å². The van der Waals surface area contributed by atoms with Gasteiger partial charge in [0.1, 0.15) is 6.04 Å². The summed E-state index contributed by atoms with van der Waals surface area (Å²) < 4.78 is 10.4. The first-order chi connectivity index (χ1) is 8.19. The molecule has 1 aliphatic rings. The number of likely N-dealkylation sites (N-methyl/N-ethyl adjacent to an activating group) is 1. The monoisotopic (exact) mass is 245 g/mol. The average molecular weight is 245 g/mol. The molecule has 1 fully saturated rings. The summed E-state index contributed by atoms with van der Waals surface area (Å²) in [6.45, 7) is 2.85. The summed E-state index contributed by atoms with van der Waals surface area (Å²) in [5.41, 5.74) is 2.18. The Bertz CT molecular complexity index is 232. The van der Waals surface area contributed by atoms with Gasteiger partial charge in [-0.15, -0.1) is 0 Å². The van der Waals surface area contributed by atoms with Gasteiger partial charge >= 0.3 is 0 Å². The molecule has 1 unspecified atom stereocenters. The second kappa shape index (κ2) is 7.60. The third-order valence-corrected chi connectivity index (χ3v) is 3.19. The maximum absolute atomic E-state index is 11.6. The van der Waals surface area contributed by atoms with Crippen molar-refractivity contribution in [3.63, 3.8) is 0 Å². The lowest BCUT2D eigenvalue weighted by Gasteiger charge is -2.31. The quantitative estimate of drug-likeness (QED) is 0.369. The number of carbonyl (C=O) groups is 1. The first-order valence-electron chi connectivity index (χ1n) is 5.96. The van der Waals surface area contributed by atoms with Gasteiger partial charge in [0.15, 0.2) is 0 Å². The topological polar surface area (TPSA) is 76.8 Å². The molecule has 0 saturated carbocycles. The van der Waals surface area contributed by atoms with Crippen LogP contribution in [0.2, 0.25) is 0 Å². The van der Waals surface area contributed by atoms with Crippen molar-refractivity contribution in [2.75, 3.05) is 40.5 Å². The highest BCUT2D eigenvalue weighted by molar-refractivity contribution is 5.81. The molecule has 1 amide bonds. The number of amides is 1. The first kappa shape index (κ1) is 14.4. The van der Waals surface area contributed by atoms with Gasteiger partial charge in [-0.3, -0.25) is 15.1 Å². The lowest BCUT2D eigenvalue weighted by Crippen LogP contribution is -2.51. The molecule has 1 rings (SSSR count). The second-order valence-electron chi connectivity index (χ2n) is 4.48. The zero-order valence-corrected chi connectivity index (χ0v) is 10.6. The van der Waals surface area contributed by atoms with Crippen molar-refractivity contribution in [3.05, 3.63) is 0 Å². The first-order valence-corrected chi connectivity index (χ1v) is 5.96. The van der Waals surface area contributed by atoms with Gasteiger partial charge in [-0.25, -0.2) is 5.84 Å². The van der Waals surface area contributed by atoms with Gasteiger partial charge in [0.25, 0.3) is 5.91 Å². The second-order valence-corrected chi connectivity index (χ2v) is 4.48. The predicted octanol–water partition coefficient (Wildman–Crippen LogP) is -0.650. The van der Waals surface area contributed by atoms with Crippen molar-refractivity contribution < 1.29 is 14.3 Å². The van der Waals surface area contributed by atoms with Gasteiger partial charge in [-0.2, -0.15) is 0 Å². The third kappa shape index (κ3) is 4.59. The number of rotatable bonds is 6. The molecule has 1 atom stereocenters.